The lowest BCUT2D eigenvalue weighted by molar-refractivity contribution is -0.137. The molecule has 0 aliphatic carbocycles. The van der Waals surface area contributed by atoms with Crippen LogP contribution < -0.4 is 5.73 Å². The molecule has 0 aromatic heterocycles. The molecule has 1 heterocycles. The lowest BCUT2D eigenvalue weighted by atomic mass is 10.0. The highest BCUT2D eigenvalue weighted by molar-refractivity contribution is 6.32. The van der Waals surface area contributed by atoms with E-state index in [0.717, 1.165) is 6.07 Å². The number of rotatable bonds is 3. The maximum absolute atomic E-state index is 12.7. The molecule has 2 N–H and O–H groups in total. The standard InChI is InChI=1S/C12H12ClF3N2O/c13-10-7(2-1-3-9(10)12(14,15)16)4-5-8-6-19-11(17)18-8/h1-3,8H,4-6H2,(H2,17,18). The number of hydrogen-bond donors (Lipinski definition) is 1. The zero-order chi connectivity index (χ0) is 14.0. The van der Waals surface area contributed by atoms with Crippen molar-refractivity contribution in [3.63, 3.8) is 0 Å². The van der Waals surface area contributed by atoms with Gasteiger partial charge in [0.05, 0.1) is 16.6 Å². The minimum Gasteiger partial charge on any atom is -0.463 e. The predicted octanol–water partition coefficient (Wildman–Crippen LogP) is 3.00. The van der Waals surface area contributed by atoms with Gasteiger partial charge in [0, 0.05) is 0 Å². The summed E-state index contributed by atoms with van der Waals surface area (Å²) in [6.07, 6.45) is -3.50. The van der Waals surface area contributed by atoms with Crippen molar-refractivity contribution in [2.75, 3.05) is 6.61 Å². The predicted molar refractivity (Wildman–Crippen MR) is 66.1 cm³/mol. The third-order valence-electron chi connectivity index (χ3n) is 2.86. The molecule has 0 radical (unpaired) electrons. The normalized spacial score (nSPS) is 19.2. The first-order valence-corrected chi connectivity index (χ1v) is 6.06. The number of nitrogens with zero attached hydrogens (tertiary/aromatic N) is 1. The summed E-state index contributed by atoms with van der Waals surface area (Å²) in [4.78, 5) is 4.01. The van der Waals surface area contributed by atoms with Crippen molar-refractivity contribution in [1.82, 2.24) is 0 Å². The van der Waals surface area contributed by atoms with Gasteiger partial charge in [-0.25, -0.2) is 4.99 Å². The lowest BCUT2D eigenvalue weighted by Crippen LogP contribution is -2.11. The van der Waals surface area contributed by atoms with E-state index >= 15 is 0 Å². The smallest absolute Gasteiger partial charge is 0.417 e. The Morgan fingerprint density at radius 3 is 2.74 bits per heavy atom. The number of amidine groups is 1. The van der Waals surface area contributed by atoms with E-state index in [1.165, 1.54) is 6.07 Å². The zero-order valence-corrected chi connectivity index (χ0v) is 10.6. The van der Waals surface area contributed by atoms with Gasteiger partial charge in [0.2, 0.25) is 0 Å². The number of hydrogen-bond acceptors (Lipinski definition) is 3. The van der Waals surface area contributed by atoms with Crippen molar-refractivity contribution in [3.05, 3.63) is 34.3 Å². The molecular formula is C12H12ClF3N2O. The average Bonchev–Trinajstić information content (AvgIpc) is 2.72. The number of halogens is 4. The summed E-state index contributed by atoms with van der Waals surface area (Å²) < 4.78 is 43.0. The number of aryl methyl sites for hydroxylation is 1. The molecule has 3 nitrogen and oxygen atoms in total. The Bertz CT molecular complexity index is 502. The molecule has 0 amide bonds. The second-order valence-electron chi connectivity index (χ2n) is 4.25. The molecule has 1 atom stereocenters. The summed E-state index contributed by atoms with van der Waals surface area (Å²) in [5, 5.41) is -0.245. The summed E-state index contributed by atoms with van der Waals surface area (Å²) in [6.45, 7) is 0.364. The summed E-state index contributed by atoms with van der Waals surface area (Å²) in [6, 6.07) is 3.92. The molecule has 1 unspecified atom stereocenters. The molecule has 1 aliphatic rings. The monoisotopic (exact) mass is 292 g/mol. The van der Waals surface area contributed by atoms with Crippen LogP contribution in [-0.2, 0) is 17.3 Å². The van der Waals surface area contributed by atoms with E-state index in [1.807, 2.05) is 0 Å². The Balaban J connectivity index is 2.09. The Hall–Kier alpha value is -1.43. The van der Waals surface area contributed by atoms with Crippen LogP contribution in [0.2, 0.25) is 5.02 Å². The largest absolute Gasteiger partial charge is 0.463 e. The Morgan fingerprint density at radius 2 is 2.16 bits per heavy atom. The van der Waals surface area contributed by atoms with Crippen LogP contribution in [0.25, 0.3) is 0 Å². The van der Waals surface area contributed by atoms with Crippen LogP contribution in [0.1, 0.15) is 17.5 Å². The van der Waals surface area contributed by atoms with E-state index in [-0.39, 0.29) is 17.1 Å². The van der Waals surface area contributed by atoms with Crippen LogP contribution >= 0.6 is 11.6 Å². The summed E-state index contributed by atoms with van der Waals surface area (Å²) in [5.41, 5.74) is 5.01. The maximum Gasteiger partial charge on any atom is 0.417 e. The Morgan fingerprint density at radius 1 is 1.42 bits per heavy atom. The molecule has 0 spiro atoms. The van der Waals surface area contributed by atoms with Gasteiger partial charge < -0.3 is 10.5 Å². The van der Waals surface area contributed by atoms with Crippen molar-refractivity contribution in [2.24, 2.45) is 10.7 Å². The summed E-state index contributed by atoms with van der Waals surface area (Å²) in [5.74, 6) is 0. The van der Waals surface area contributed by atoms with Crippen LogP contribution in [-0.4, -0.2) is 18.7 Å². The molecule has 1 aliphatic heterocycles. The molecular weight excluding hydrogens is 281 g/mol. The van der Waals surface area contributed by atoms with Crippen molar-refractivity contribution in [1.29, 1.82) is 0 Å². The average molecular weight is 293 g/mol. The van der Waals surface area contributed by atoms with Crippen LogP contribution in [0.3, 0.4) is 0 Å². The fourth-order valence-electron chi connectivity index (χ4n) is 1.90. The highest BCUT2D eigenvalue weighted by atomic mass is 35.5. The van der Waals surface area contributed by atoms with E-state index in [9.17, 15) is 13.2 Å². The van der Waals surface area contributed by atoms with E-state index in [1.54, 1.807) is 6.07 Å². The highest BCUT2D eigenvalue weighted by Crippen LogP contribution is 2.36. The van der Waals surface area contributed by atoms with Gasteiger partial charge in [0.25, 0.3) is 6.02 Å². The van der Waals surface area contributed by atoms with E-state index in [4.69, 9.17) is 22.1 Å². The second kappa shape index (κ2) is 5.28. The van der Waals surface area contributed by atoms with Crippen LogP contribution in [0.5, 0.6) is 0 Å². The number of ether oxygens (including phenoxy) is 1. The van der Waals surface area contributed by atoms with E-state index in [0.29, 0.717) is 25.0 Å². The first-order valence-electron chi connectivity index (χ1n) is 5.68. The zero-order valence-electron chi connectivity index (χ0n) is 9.88. The Labute approximate surface area is 113 Å². The number of aliphatic imine (C=N–C) groups is 1. The number of benzene rings is 1. The van der Waals surface area contributed by atoms with Gasteiger partial charge in [-0.1, -0.05) is 23.7 Å². The quantitative estimate of drug-likeness (QED) is 0.931. The molecule has 1 aromatic carbocycles. The van der Waals surface area contributed by atoms with Crippen LogP contribution in [0.4, 0.5) is 13.2 Å². The van der Waals surface area contributed by atoms with Gasteiger partial charge in [0.15, 0.2) is 0 Å². The lowest BCUT2D eigenvalue weighted by Gasteiger charge is -2.12. The molecule has 2 rings (SSSR count). The van der Waals surface area contributed by atoms with Gasteiger partial charge in [0.1, 0.15) is 6.61 Å². The molecule has 104 valence electrons. The molecule has 0 bridgehead atoms. The third-order valence-corrected chi connectivity index (χ3v) is 3.31. The Kier molecular flexibility index (Phi) is 3.89. The van der Waals surface area contributed by atoms with Crippen molar-refractivity contribution in [2.45, 2.75) is 25.1 Å². The van der Waals surface area contributed by atoms with E-state index in [2.05, 4.69) is 4.99 Å². The summed E-state index contributed by atoms with van der Waals surface area (Å²) in [7, 11) is 0. The molecule has 1 aromatic rings. The van der Waals surface area contributed by atoms with Crippen molar-refractivity contribution < 1.29 is 17.9 Å². The van der Waals surface area contributed by atoms with Gasteiger partial charge >= 0.3 is 6.18 Å². The molecule has 0 fully saturated rings. The molecule has 19 heavy (non-hydrogen) atoms. The van der Waals surface area contributed by atoms with Crippen molar-refractivity contribution in [3.8, 4) is 0 Å². The highest BCUT2D eigenvalue weighted by Gasteiger charge is 2.33. The van der Waals surface area contributed by atoms with E-state index < -0.39 is 11.7 Å². The minimum absolute atomic E-state index is 0.120. The first kappa shape index (κ1) is 14.0. The molecule has 0 saturated heterocycles. The maximum atomic E-state index is 12.7. The fourth-order valence-corrected chi connectivity index (χ4v) is 2.23. The van der Waals surface area contributed by atoms with Gasteiger partial charge in [-0.3, -0.25) is 0 Å². The number of alkyl halides is 3. The molecule has 7 heteroatoms. The van der Waals surface area contributed by atoms with Gasteiger partial charge in [-0.15, -0.1) is 0 Å². The van der Waals surface area contributed by atoms with Gasteiger partial charge in [-0.2, -0.15) is 13.2 Å². The SMILES string of the molecule is NC1=NC(CCc2cccc(C(F)(F)F)c2Cl)CO1. The van der Waals surface area contributed by atoms with Gasteiger partial charge in [-0.05, 0) is 24.5 Å². The summed E-state index contributed by atoms with van der Waals surface area (Å²) >= 11 is 5.80. The molecule has 0 saturated carbocycles. The van der Waals surface area contributed by atoms with Crippen LogP contribution in [0, 0.1) is 0 Å². The van der Waals surface area contributed by atoms with Crippen molar-refractivity contribution >= 4 is 17.6 Å². The second-order valence-corrected chi connectivity index (χ2v) is 4.63. The first-order chi connectivity index (χ1) is 8.88. The topological polar surface area (TPSA) is 47.6 Å². The number of nitrogens with two attached hydrogens (primary N) is 1. The van der Waals surface area contributed by atoms with Crippen LogP contribution in [0.15, 0.2) is 23.2 Å². The minimum atomic E-state index is -4.44. The fraction of sp³-hybridized carbons (Fsp3) is 0.417. The third kappa shape index (κ3) is 3.32.